The van der Waals surface area contributed by atoms with Crippen molar-refractivity contribution in [3.05, 3.63) is 11.1 Å². The molecule has 1 saturated heterocycles. The largest absolute Gasteiger partial charge is 0.398 e. The molecule has 1 aromatic rings. The van der Waals surface area contributed by atoms with E-state index in [-0.39, 0.29) is 40.2 Å². The Morgan fingerprint density at radius 2 is 2.25 bits per heavy atom. The van der Waals surface area contributed by atoms with Gasteiger partial charge in [-0.1, -0.05) is 5.16 Å². The van der Waals surface area contributed by atoms with Crippen molar-refractivity contribution >= 4 is 63.1 Å². The zero-order valence-electron chi connectivity index (χ0n) is 12.3. The van der Waals surface area contributed by atoms with E-state index in [0.29, 0.717) is 0 Å². The highest BCUT2D eigenvalue weighted by atomic mass is 35.5. The van der Waals surface area contributed by atoms with E-state index in [0.717, 1.165) is 11.3 Å². The number of hydrogen-bond acceptors (Lipinski definition) is 7. The molecule has 2 atom stereocenters. The van der Waals surface area contributed by atoms with E-state index in [2.05, 4.69) is 30.9 Å². The average Bonchev–Trinajstić information content (AvgIpc) is 3.02. The Morgan fingerprint density at radius 3 is 2.83 bits per heavy atom. The van der Waals surface area contributed by atoms with Crippen molar-refractivity contribution < 1.29 is 19.2 Å². The van der Waals surface area contributed by atoms with Crippen LogP contribution in [0.15, 0.2) is 10.5 Å². The fourth-order valence-electron chi connectivity index (χ4n) is 1.83. The number of nitrogens with zero attached hydrogens (tertiary/aromatic N) is 2. The van der Waals surface area contributed by atoms with E-state index in [1.54, 1.807) is 0 Å². The van der Waals surface area contributed by atoms with Gasteiger partial charge in [0.15, 0.2) is 10.8 Å². The van der Waals surface area contributed by atoms with Gasteiger partial charge in [0.25, 0.3) is 5.91 Å². The fourth-order valence-corrected chi connectivity index (χ4v) is 2.87. The molecule has 3 N–H and O–H groups in total. The number of hydrogen-bond donors (Lipinski definition) is 3. The van der Waals surface area contributed by atoms with E-state index in [1.165, 1.54) is 12.5 Å². The lowest BCUT2D eigenvalue weighted by Gasteiger charge is -2.35. The lowest BCUT2D eigenvalue weighted by atomic mass is 10.0. The van der Waals surface area contributed by atoms with Crippen molar-refractivity contribution in [1.29, 1.82) is 0 Å². The van der Waals surface area contributed by atoms with Crippen molar-refractivity contribution in [2.75, 3.05) is 24.2 Å². The lowest BCUT2D eigenvalue weighted by molar-refractivity contribution is -0.134. The first-order chi connectivity index (χ1) is 11.5. The van der Waals surface area contributed by atoms with Gasteiger partial charge in [-0.25, -0.2) is 4.98 Å². The molecule has 1 aliphatic heterocycles. The van der Waals surface area contributed by atoms with Crippen molar-refractivity contribution in [2.45, 2.75) is 12.1 Å². The van der Waals surface area contributed by atoms with Crippen LogP contribution in [0.2, 0.25) is 0 Å². The molecule has 2 rings (SSSR count). The van der Waals surface area contributed by atoms with Crippen molar-refractivity contribution in [2.24, 2.45) is 5.16 Å². The van der Waals surface area contributed by atoms with E-state index >= 15 is 0 Å². The first-order valence-corrected chi connectivity index (χ1v) is 8.55. The highest BCUT2D eigenvalue weighted by molar-refractivity contribution is 7.14. The number of β-lactam (4-membered cyclic amide) rings is 1. The molecule has 0 radical (unpaired) electrons. The summed E-state index contributed by atoms with van der Waals surface area (Å²) >= 11 is 12.2. The van der Waals surface area contributed by atoms with Crippen LogP contribution in [0.25, 0.3) is 0 Å². The van der Waals surface area contributed by atoms with Crippen LogP contribution >= 0.6 is 34.5 Å². The van der Waals surface area contributed by atoms with Gasteiger partial charge in [-0.05, 0) is 0 Å². The molecular formula is C12H13Cl2N5O4S. The van der Waals surface area contributed by atoms with E-state index < -0.39 is 17.9 Å². The van der Waals surface area contributed by atoms with Gasteiger partial charge in [0.05, 0.1) is 6.04 Å². The first-order valence-electron chi connectivity index (χ1n) is 6.60. The third kappa shape index (κ3) is 4.13. The minimum Gasteiger partial charge on any atom is -0.398 e. The molecule has 1 aliphatic rings. The number of carbonyl (C=O) groups excluding carboxylic acids is 3. The minimum absolute atomic E-state index is 0.131. The Labute approximate surface area is 150 Å². The standard InChI is InChI=1S/C12H13Cl2N5O4S/c1-23-19-9(6-4-24-12(16-6)17-7(20)3-14)11(22)18-8-5(2-13)15-10(8)21/h4-5,8H,2-3H2,1H3,(H,15,21)(H,18,22)(H,16,17,20)/b19-9-. The molecule has 12 heteroatoms. The summed E-state index contributed by atoms with van der Waals surface area (Å²) in [6.45, 7) is 0. The highest BCUT2D eigenvalue weighted by Crippen LogP contribution is 2.17. The Balaban J connectivity index is 2.11. The Bertz CT molecular complexity index is 680. The number of nitrogens with one attached hydrogen (secondary N) is 3. The van der Waals surface area contributed by atoms with Gasteiger partial charge < -0.3 is 20.8 Å². The molecule has 0 saturated carbocycles. The van der Waals surface area contributed by atoms with E-state index in [4.69, 9.17) is 23.2 Å². The molecule has 0 aliphatic carbocycles. The van der Waals surface area contributed by atoms with Crippen LogP contribution in [0.4, 0.5) is 5.13 Å². The summed E-state index contributed by atoms with van der Waals surface area (Å²) in [6.07, 6.45) is 0. The number of halogens is 2. The van der Waals surface area contributed by atoms with Gasteiger partial charge in [-0.2, -0.15) is 0 Å². The number of carbonyl (C=O) groups is 3. The topological polar surface area (TPSA) is 122 Å². The maximum absolute atomic E-state index is 12.3. The second kappa shape index (κ2) is 8.27. The molecule has 24 heavy (non-hydrogen) atoms. The molecule has 1 aromatic heterocycles. The summed E-state index contributed by atoms with van der Waals surface area (Å²) in [6, 6.07) is -1.09. The van der Waals surface area contributed by atoms with Crippen LogP contribution in [0, 0.1) is 0 Å². The number of aromatic nitrogens is 1. The van der Waals surface area contributed by atoms with Gasteiger partial charge in [0.2, 0.25) is 11.8 Å². The van der Waals surface area contributed by atoms with Crippen LogP contribution in [-0.2, 0) is 19.2 Å². The number of anilines is 1. The SMILES string of the molecule is CO/N=C(\C(=O)NC1C(=O)NC1CCl)c1csc(NC(=O)CCl)n1. The molecule has 0 bridgehead atoms. The van der Waals surface area contributed by atoms with Gasteiger partial charge in [-0.3, -0.25) is 14.4 Å². The number of oxime groups is 1. The van der Waals surface area contributed by atoms with Crippen molar-refractivity contribution in [1.82, 2.24) is 15.6 Å². The Hall–Kier alpha value is -1.91. The molecule has 2 heterocycles. The summed E-state index contributed by atoms with van der Waals surface area (Å²) in [7, 11) is 1.27. The smallest absolute Gasteiger partial charge is 0.276 e. The number of rotatable bonds is 7. The van der Waals surface area contributed by atoms with Crippen LogP contribution in [-0.4, -0.2) is 59.4 Å². The first kappa shape index (κ1) is 18.4. The van der Waals surface area contributed by atoms with Crippen LogP contribution in [0.5, 0.6) is 0 Å². The number of alkyl halides is 2. The van der Waals surface area contributed by atoms with Crippen molar-refractivity contribution in [3.63, 3.8) is 0 Å². The summed E-state index contributed by atoms with van der Waals surface area (Å²) in [5.41, 5.74) is 0.0551. The second-order valence-electron chi connectivity index (χ2n) is 4.56. The third-order valence-corrected chi connectivity index (χ3v) is 4.31. The summed E-state index contributed by atoms with van der Waals surface area (Å²) in [5.74, 6) is -1.46. The molecule has 1 fully saturated rings. The Kier molecular flexibility index (Phi) is 6.35. The lowest BCUT2D eigenvalue weighted by Crippen LogP contribution is -2.70. The number of thiazole rings is 1. The third-order valence-electron chi connectivity index (χ3n) is 2.98. The molecule has 3 amide bonds. The maximum atomic E-state index is 12.3. The quantitative estimate of drug-likeness (QED) is 0.258. The van der Waals surface area contributed by atoms with Gasteiger partial charge in [0, 0.05) is 11.3 Å². The zero-order valence-corrected chi connectivity index (χ0v) is 14.7. The molecule has 130 valence electrons. The molecule has 0 aromatic carbocycles. The van der Waals surface area contributed by atoms with Gasteiger partial charge >= 0.3 is 0 Å². The molecule has 2 unspecified atom stereocenters. The molecule has 9 nitrogen and oxygen atoms in total. The van der Waals surface area contributed by atoms with Gasteiger partial charge in [-0.15, -0.1) is 34.5 Å². The minimum atomic E-state index is -0.744. The van der Waals surface area contributed by atoms with E-state index in [9.17, 15) is 14.4 Å². The monoisotopic (exact) mass is 393 g/mol. The zero-order chi connectivity index (χ0) is 17.7. The summed E-state index contributed by atoms with van der Waals surface area (Å²) in [4.78, 5) is 43.8. The maximum Gasteiger partial charge on any atom is 0.276 e. The van der Waals surface area contributed by atoms with Crippen LogP contribution in [0.3, 0.4) is 0 Å². The fraction of sp³-hybridized carbons (Fsp3) is 0.417. The van der Waals surface area contributed by atoms with Crippen molar-refractivity contribution in [3.8, 4) is 0 Å². The van der Waals surface area contributed by atoms with Crippen LogP contribution in [0.1, 0.15) is 5.69 Å². The highest BCUT2D eigenvalue weighted by Gasteiger charge is 2.40. The predicted octanol–water partition coefficient (Wildman–Crippen LogP) is -0.107. The number of amides is 3. The Morgan fingerprint density at radius 1 is 1.50 bits per heavy atom. The van der Waals surface area contributed by atoms with Gasteiger partial charge in [0.1, 0.15) is 24.7 Å². The van der Waals surface area contributed by atoms with Crippen LogP contribution < -0.4 is 16.0 Å². The second-order valence-corrected chi connectivity index (χ2v) is 6.00. The average molecular weight is 394 g/mol. The van der Waals surface area contributed by atoms with E-state index in [1.807, 2.05) is 0 Å². The molecule has 0 spiro atoms. The normalized spacial score (nSPS) is 20.0. The predicted molar refractivity (Wildman–Crippen MR) is 89.6 cm³/mol. The summed E-state index contributed by atoms with van der Waals surface area (Å²) < 4.78 is 0. The summed E-state index contributed by atoms with van der Waals surface area (Å²) in [5, 5.41) is 13.0. The molecular weight excluding hydrogens is 381 g/mol.